The first-order chi connectivity index (χ1) is 27.2. The Bertz CT molecular complexity index is 2220. The molecule has 0 unspecified atom stereocenters. The molecule has 5 heterocycles. The molecule has 0 radical (unpaired) electrons. The molecule has 302 valence electrons. The van der Waals surface area contributed by atoms with Crippen molar-refractivity contribution in [3.05, 3.63) is 65.0 Å². The zero-order valence-corrected chi connectivity index (χ0v) is 33.8. The summed E-state index contributed by atoms with van der Waals surface area (Å²) in [5.74, 6) is 2.02. The van der Waals surface area contributed by atoms with Gasteiger partial charge in [0.05, 0.1) is 37.3 Å². The molecule has 4 atom stereocenters. The highest BCUT2D eigenvalue weighted by Crippen LogP contribution is 2.52. The molecule has 3 amide bonds. The van der Waals surface area contributed by atoms with Gasteiger partial charge in [0, 0.05) is 42.9 Å². The molecule has 14 nitrogen and oxygen atoms in total. The summed E-state index contributed by atoms with van der Waals surface area (Å²) in [6.07, 6.45) is 4.10. The number of carbonyl (C=O) groups is 3. The highest BCUT2D eigenvalue weighted by molar-refractivity contribution is 5.87. The molecule has 4 N–H and O–H groups in total. The number of methoxy groups -OCH3 is 2. The van der Waals surface area contributed by atoms with Crippen molar-refractivity contribution in [2.24, 2.45) is 17.3 Å². The maximum Gasteiger partial charge on any atom is 0.408 e. The summed E-state index contributed by atoms with van der Waals surface area (Å²) in [7, 11) is 2.95. The standard InChI is InChI=1S/C43H53N7O7/c1-23(2)35(48-40(52)56-7)38(51)49-14-8-9-33(49)37-45-31-13-11-25-16-30-28-12-10-26(15-27(28)22-57-34(30)17-29(25)36(31)47-37)32-19-44-39(46-32)43(42(3,4)5)18-24(21-55-6)20-50(43)41(53)54/h10,12,15-17,19,23-24,33,35H,8-9,11,13-14,18,20-22H2,1-7H3,(H,44,46)(H,45,47)(H,48,52)(H,53,54)/t24-,33-,35-,43+/m0/s1. The molecule has 8 rings (SSSR count). The fourth-order valence-electron chi connectivity index (χ4n) is 9.69. The molecular weight excluding hydrogens is 727 g/mol. The fourth-order valence-corrected chi connectivity index (χ4v) is 9.69. The van der Waals surface area contributed by atoms with Crippen molar-refractivity contribution in [2.45, 2.75) is 91.0 Å². The maximum atomic E-state index is 13.8. The van der Waals surface area contributed by atoms with E-state index in [1.165, 1.54) is 12.7 Å². The Kier molecular flexibility index (Phi) is 9.82. The third kappa shape index (κ3) is 6.51. The fraction of sp³-hybridized carbons (Fsp3) is 0.512. The van der Waals surface area contributed by atoms with Crippen LogP contribution in [0.5, 0.6) is 5.75 Å². The SMILES string of the molecule is COC[C@@H]1CN(C(=O)O)[C@](c2ncc(-c3ccc4c(c3)COc3cc5c(cc3-4)CCc3[nH]c([C@@H]4CCCN4C(=O)[C@@H](NC(=O)OC)C(C)C)nc3-5)[nH]2)(C(C)(C)C)C1. The molecule has 57 heavy (non-hydrogen) atoms. The molecule has 0 spiro atoms. The number of H-pyrrole nitrogens is 2. The normalized spacial score (nSPS) is 21.7. The number of rotatable bonds is 8. The molecule has 4 aromatic rings. The summed E-state index contributed by atoms with van der Waals surface area (Å²) in [5, 5.41) is 13.1. The number of fused-ring (bicyclic) bond motifs is 6. The lowest BCUT2D eigenvalue weighted by Gasteiger charge is -2.45. The Morgan fingerprint density at radius 1 is 1.07 bits per heavy atom. The van der Waals surface area contributed by atoms with Crippen LogP contribution in [0.1, 0.15) is 88.4 Å². The zero-order chi connectivity index (χ0) is 40.4. The first-order valence-electron chi connectivity index (χ1n) is 20.0. The quantitative estimate of drug-likeness (QED) is 0.146. The largest absolute Gasteiger partial charge is 0.488 e. The van der Waals surface area contributed by atoms with Crippen molar-refractivity contribution < 1.29 is 33.7 Å². The maximum absolute atomic E-state index is 13.8. The second kappa shape index (κ2) is 14.5. The zero-order valence-electron chi connectivity index (χ0n) is 33.8. The van der Waals surface area contributed by atoms with Crippen LogP contribution in [-0.2, 0) is 39.3 Å². The minimum atomic E-state index is -0.962. The van der Waals surface area contributed by atoms with Gasteiger partial charge >= 0.3 is 12.2 Å². The van der Waals surface area contributed by atoms with Gasteiger partial charge in [-0.3, -0.25) is 9.69 Å². The molecule has 14 heteroatoms. The molecule has 4 aliphatic rings. The number of carbonyl (C=O) groups excluding carboxylic acids is 2. The van der Waals surface area contributed by atoms with Gasteiger partial charge in [-0.25, -0.2) is 19.6 Å². The van der Waals surface area contributed by atoms with Crippen LogP contribution in [0.15, 0.2) is 36.5 Å². The summed E-state index contributed by atoms with van der Waals surface area (Å²) in [4.78, 5) is 59.0. The van der Waals surface area contributed by atoms with E-state index in [0.717, 1.165) is 82.2 Å². The van der Waals surface area contributed by atoms with Gasteiger partial charge in [-0.05, 0) is 83.9 Å². The van der Waals surface area contributed by atoms with Crippen molar-refractivity contribution in [3.8, 4) is 39.4 Å². The third-order valence-corrected chi connectivity index (χ3v) is 12.6. The Labute approximate surface area is 332 Å². The minimum Gasteiger partial charge on any atom is -0.488 e. The summed E-state index contributed by atoms with van der Waals surface area (Å²) < 4.78 is 16.7. The van der Waals surface area contributed by atoms with Gasteiger partial charge in [0.2, 0.25) is 5.91 Å². The van der Waals surface area contributed by atoms with Crippen molar-refractivity contribution in [2.75, 3.05) is 33.9 Å². The van der Waals surface area contributed by atoms with Crippen LogP contribution < -0.4 is 10.1 Å². The number of nitrogens with one attached hydrogen (secondary N) is 3. The van der Waals surface area contributed by atoms with Crippen LogP contribution >= 0.6 is 0 Å². The lowest BCUT2D eigenvalue weighted by Crippen LogP contribution is -2.53. The van der Waals surface area contributed by atoms with Gasteiger partial charge in [-0.2, -0.15) is 0 Å². The predicted octanol–water partition coefficient (Wildman–Crippen LogP) is 7.06. The smallest absolute Gasteiger partial charge is 0.408 e. The Morgan fingerprint density at radius 2 is 1.88 bits per heavy atom. The van der Waals surface area contributed by atoms with Crippen LogP contribution in [0.25, 0.3) is 33.6 Å². The van der Waals surface area contributed by atoms with Gasteiger partial charge in [0.15, 0.2) is 0 Å². The number of ether oxygens (including phenoxy) is 3. The average molecular weight is 780 g/mol. The number of carboxylic acid groups (broad SMARTS) is 1. The summed E-state index contributed by atoms with van der Waals surface area (Å²) >= 11 is 0. The van der Waals surface area contributed by atoms with E-state index in [4.69, 9.17) is 24.2 Å². The molecule has 2 saturated heterocycles. The second-order valence-electron chi connectivity index (χ2n) is 17.3. The van der Waals surface area contributed by atoms with Gasteiger partial charge in [-0.15, -0.1) is 0 Å². The van der Waals surface area contributed by atoms with E-state index in [0.29, 0.717) is 38.5 Å². The van der Waals surface area contributed by atoms with Crippen LogP contribution in [0.2, 0.25) is 0 Å². The van der Waals surface area contributed by atoms with E-state index in [2.05, 4.69) is 66.4 Å². The monoisotopic (exact) mass is 779 g/mol. The topological polar surface area (TPSA) is 175 Å². The number of hydrogen-bond donors (Lipinski definition) is 4. The number of aryl methyl sites for hydroxylation is 2. The number of benzene rings is 2. The second-order valence-corrected chi connectivity index (χ2v) is 17.3. The lowest BCUT2D eigenvalue weighted by molar-refractivity contribution is -0.135. The van der Waals surface area contributed by atoms with E-state index in [1.54, 1.807) is 18.2 Å². The average Bonchev–Trinajstić information content (AvgIpc) is 4.00. The van der Waals surface area contributed by atoms with Crippen LogP contribution in [0.4, 0.5) is 9.59 Å². The van der Waals surface area contributed by atoms with Gasteiger partial charge in [0.1, 0.15) is 35.6 Å². The first kappa shape index (κ1) is 38.5. The minimum absolute atomic E-state index is 0.0569. The van der Waals surface area contributed by atoms with E-state index in [9.17, 15) is 19.5 Å². The van der Waals surface area contributed by atoms with Gasteiger partial charge < -0.3 is 39.5 Å². The summed E-state index contributed by atoms with van der Waals surface area (Å²) in [6, 6.07) is 9.79. The Balaban J connectivity index is 1.06. The van der Waals surface area contributed by atoms with Crippen LogP contribution in [0, 0.1) is 17.3 Å². The number of imidazole rings is 2. The molecule has 0 bridgehead atoms. The number of amides is 3. The number of hydrogen-bond acceptors (Lipinski definition) is 8. The molecule has 2 fully saturated rings. The third-order valence-electron chi connectivity index (χ3n) is 12.6. The number of aromatic amines is 2. The van der Waals surface area contributed by atoms with Crippen molar-refractivity contribution in [1.29, 1.82) is 0 Å². The van der Waals surface area contributed by atoms with Crippen LogP contribution in [0.3, 0.4) is 0 Å². The Hall–Kier alpha value is -5.37. The molecule has 3 aliphatic heterocycles. The number of aromatic nitrogens is 4. The molecule has 1 aliphatic carbocycles. The number of likely N-dealkylation sites (tertiary alicyclic amines) is 2. The molecule has 2 aromatic carbocycles. The first-order valence-corrected chi connectivity index (χ1v) is 20.0. The number of nitrogens with zero attached hydrogens (tertiary/aromatic N) is 4. The van der Waals surface area contributed by atoms with Crippen molar-refractivity contribution in [1.82, 2.24) is 35.1 Å². The van der Waals surface area contributed by atoms with E-state index in [1.807, 2.05) is 18.7 Å². The van der Waals surface area contributed by atoms with E-state index in [-0.39, 0.29) is 23.8 Å². The van der Waals surface area contributed by atoms with Crippen LogP contribution in [-0.4, -0.2) is 92.9 Å². The lowest BCUT2D eigenvalue weighted by atomic mass is 9.70. The Morgan fingerprint density at radius 3 is 2.60 bits per heavy atom. The molecular formula is C43H53N7O7. The van der Waals surface area contributed by atoms with Gasteiger partial charge in [0.25, 0.3) is 0 Å². The summed E-state index contributed by atoms with van der Waals surface area (Å²) in [6.45, 7) is 11.9. The van der Waals surface area contributed by atoms with Gasteiger partial charge in [-0.1, -0.05) is 46.8 Å². The molecule has 2 aromatic heterocycles. The molecule has 0 saturated carbocycles. The van der Waals surface area contributed by atoms with Crippen molar-refractivity contribution >= 4 is 18.1 Å². The summed E-state index contributed by atoms with van der Waals surface area (Å²) in [5.41, 5.74) is 7.86. The highest BCUT2D eigenvalue weighted by Gasteiger charge is 2.58. The van der Waals surface area contributed by atoms with E-state index < -0.39 is 29.2 Å². The predicted molar refractivity (Wildman–Crippen MR) is 212 cm³/mol. The highest BCUT2D eigenvalue weighted by atomic mass is 16.5. The van der Waals surface area contributed by atoms with E-state index >= 15 is 0 Å². The van der Waals surface area contributed by atoms with Crippen molar-refractivity contribution in [3.63, 3.8) is 0 Å². The number of alkyl carbamates (subject to hydrolysis) is 1.